The summed E-state index contributed by atoms with van der Waals surface area (Å²) in [5, 5.41) is 3.98. The van der Waals surface area contributed by atoms with Crippen molar-refractivity contribution in [3.05, 3.63) is 88.1 Å². The van der Waals surface area contributed by atoms with Gasteiger partial charge in [-0.3, -0.25) is 4.79 Å². The van der Waals surface area contributed by atoms with Gasteiger partial charge in [0.05, 0.1) is 19.9 Å². The Morgan fingerprint density at radius 2 is 1.79 bits per heavy atom. The Morgan fingerprint density at radius 3 is 2.53 bits per heavy atom. The molecule has 0 saturated carbocycles. The number of ether oxygens (including phenoxy) is 3. The van der Waals surface area contributed by atoms with Crippen LogP contribution in [0.25, 0.3) is 6.08 Å². The molecule has 1 N–H and O–H groups in total. The number of anilines is 1. The molecule has 3 aromatic rings. The second-order valence-electron chi connectivity index (χ2n) is 7.57. The molecule has 0 aliphatic carbocycles. The second-order valence-corrected chi connectivity index (χ2v) is 8.37. The number of amides is 1. The van der Waals surface area contributed by atoms with Gasteiger partial charge in [0.1, 0.15) is 29.6 Å². The molecular formula is C26H23ClN2O4S. The fourth-order valence-corrected chi connectivity index (χ4v) is 4.01. The molecule has 34 heavy (non-hydrogen) atoms. The van der Waals surface area contributed by atoms with Crippen LogP contribution in [0.4, 0.5) is 5.69 Å². The van der Waals surface area contributed by atoms with Gasteiger partial charge in [-0.2, -0.15) is 0 Å². The Labute approximate surface area is 208 Å². The van der Waals surface area contributed by atoms with Crippen molar-refractivity contribution in [1.29, 1.82) is 0 Å². The minimum absolute atomic E-state index is 0.264. The van der Waals surface area contributed by atoms with Gasteiger partial charge in [-0.1, -0.05) is 29.8 Å². The van der Waals surface area contributed by atoms with Crippen LogP contribution in [0.15, 0.2) is 66.4 Å². The quantitative estimate of drug-likeness (QED) is 0.345. The van der Waals surface area contributed by atoms with Crippen molar-refractivity contribution in [2.24, 2.45) is 0 Å². The van der Waals surface area contributed by atoms with E-state index in [0.717, 1.165) is 16.7 Å². The van der Waals surface area contributed by atoms with E-state index in [9.17, 15) is 4.79 Å². The molecule has 8 heteroatoms. The number of nitrogens with one attached hydrogen (secondary N) is 1. The van der Waals surface area contributed by atoms with E-state index in [-0.39, 0.29) is 17.6 Å². The predicted octanol–water partition coefficient (Wildman–Crippen LogP) is 5.51. The number of para-hydroxylation sites is 2. The van der Waals surface area contributed by atoms with Gasteiger partial charge >= 0.3 is 0 Å². The highest BCUT2D eigenvalue weighted by Gasteiger charge is 2.33. The van der Waals surface area contributed by atoms with Crippen molar-refractivity contribution in [1.82, 2.24) is 5.32 Å². The third-order valence-corrected chi connectivity index (χ3v) is 6.05. The van der Waals surface area contributed by atoms with Crippen LogP contribution < -0.4 is 24.4 Å². The van der Waals surface area contributed by atoms with E-state index in [1.54, 1.807) is 38.5 Å². The molecule has 3 aromatic carbocycles. The first-order valence-electron chi connectivity index (χ1n) is 10.5. The molecule has 1 heterocycles. The van der Waals surface area contributed by atoms with Gasteiger partial charge in [-0.15, -0.1) is 0 Å². The van der Waals surface area contributed by atoms with Gasteiger partial charge in [0.15, 0.2) is 5.11 Å². The number of carbonyl (C=O) groups is 1. The number of carbonyl (C=O) groups excluding carboxylic acids is 1. The minimum atomic E-state index is -0.264. The van der Waals surface area contributed by atoms with Crippen molar-refractivity contribution >= 4 is 46.6 Å². The van der Waals surface area contributed by atoms with Crippen LogP contribution >= 0.6 is 23.8 Å². The Morgan fingerprint density at radius 1 is 1.03 bits per heavy atom. The van der Waals surface area contributed by atoms with Crippen LogP contribution in [0.3, 0.4) is 0 Å². The van der Waals surface area contributed by atoms with E-state index >= 15 is 0 Å². The minimum Gasteiger partial charge on any atom is -0.496 e. The summed E-state index contributed by atoms with van der Waals surface area (Å²) in [6.07, 6.45) is 1.75. The van der Waals surface area contributed by atoms with E-state index in [1.807, 2.05) is 49.4 Å². The monoisotopic (exact) mass is 494 g/mol. The largest absolute Gasteiger partial charge is 0.496 e. The van der Waals surface area contributed by atoms with Gasteiger partial charge in [-0.25, -0.2) is 4.90 Å². The number of rotatable bonds is 7. The van der Waals surface area contributed by atoms with Gasteiger partial charge in [0.25, 0.3) is 5.91 Å². The zero-order valence-electron chi connectivity index (χ0n) is 18.9. The van der Waals surface area contributed by atoms with Crippen LogP contribution in [-0.2, 0) is 11.4 Å². The molecule has 1 fully saturated rings. The number of hydrogen-bond acceptors (Lipinski definition) is 5. The smallest absolute Gasteiger partial charge is 0.281 e. The van der Waals surface area contributed by atoms with Crippen LogP contribution in [-0.4, -0.2) is 25.2 Å². The van der Waals surface area contributed by atoms with E-state index in [4.69, 9.17) is 38.0 Å². The molecule has 0 aromatic heterocycles. The molecule has 1 aliphatic heterocycles. The van der Waals surface area contributed by atoms with E-state index in [1.165, 1.54) is 4.90 Å². The Hall–Kier alpha value is -3.55. The number of thiocarbonyl (C=S) groups is 1. The topological polar surface area (TPSA) is 60.0 Å². The maximum atomic E-state index is 13.2. The van der Waals surface area contributed by atoms with Gasteiger partial charge in [0, 0.05) is 10.6 Å². The average molecular weight is 495 g/mol. The highest BCUT2D eigenvalue weighted by molar-refractivity contribution is 7.80. The zero-order chi connectivity index (χ0) is 24.2. The van der Waals surface area contributed by atoms with Gasteiger partial charge < -0.3 is 19.5 Å². The fraction of sp³-hybridized carbons (Fsp3) is 0.154. The Kier molecular flexibility index (Phi) is 7.05. The number of hydrogen-bond donors (Lipinski definition) is 1. The number of methoxy groups -OCH3 is 2. The molecule has 174 valence electrons. The summed E-state index contributed by atoms with van der Waals surface area (Å²) < 4.78 is 16.8. The van der Waals surface area contributed by atoms with Crippen molar-refractivity contribution in [2.45, 2.75) is 13.5 Å². The molecule has 0 unspecified atom stereocenters. The summed E-state index contributed by atoms with van der Waals surface area (Å²) in [6, 6.07) is 18.4. The number of aryl methyl sites for hydroxylation is 1. The number of halogens is 1. The number of nitrogens with zero attached hydrogens (tertiary/aromatic N) is 1. The van der Waals surface area contributed by atoms with Crippen molar-refractivity contribution in [2.75, 3.05) is 19.1 Å². The van der Waals surface area contributed by atoms with E-state index in [2.05, 4.69) is 5.32 Å². The first-order valence-corrected chi connectivity index (χ1v) is 11.3. The van der Waals surface area contributed by atoms with Crippen LogP contribution in [0.1, 0.15) is 16.7 Å². The molecule has 0 radical (unpaired) electrons. The summed E-state index contributed by atoms with van der Waals surface area (Å²) in [7, 11) is 3.16. The molecule has 0 spiro atoms. The fourth-order valence-electron chi connectivity index (χ4n) is 3.60. The SMILES string of the molecule is COc1ccc(/C=C2/NC(=S)N(c3ccccc3OC)C2=O)cc1COc1ccc(Cl)c(C)c1. The summed E-state index contributed by atoms with van der Waals surface area (Å²) in [5.41, 5.74) is 3.51. The molecular weight excluding hydrogens is 472 g/mol. The lowest BCUT2D eigenvalue weighted by molar-refractivity contribution is -0.113. The summed E-state index contributed by atoms with van der Waals surface area (Å²) in [6.45, 7) is 2.21. The molecule has 6 nitrogen and oxygen atoms in total. The summed E-state index contributed by atoms with van der Waals surface area (Å²) >= 11 is 11.5. The summed E-state index contributed by atoms with van der Waals surface area (Å²) in [4.78, 5) is 14.6. The standard InChI is InChI=1S/C26H23ClN2O4S/c1-16-12-19(9-10-20(16)27)33-15-18-13-17(8-11-23(18)31-2)14-21-25(30)29(26(34)28-21)22-6-4-5-7-24(22)32-3/h4-14H,15H2,1-3H3,(H,28,34)/b21-14+. The Bertz CT molecular complexity index is 1290. The molecule has 4 rings (SSSR count). The lowest BCUT2D eigenvalue weighted by atomic mass is 10.1. The van der Waals surface area contributed by atoms with E-state index < -0.39 is 0 Å². The molecule has 1 saturated heterocycles. The maximum absolute atomic E-state index is 13.2. The second kappa shape index (κ2) is 10.2. The number of benzene rings is 3. The van der Waals surface area contributed by atoms with Crippen LogP contribution in [0.5, 0.6) is 17.2 Å². The molecule has 1 aliphatic rings. The lowest BCUT2D eigenvalue weighted by Crippen LogP contribution is -2.30. The van der Waals surface area contributed by atoms with Gasteiger partial charge in [0.2, 0.25) is 0 Å². The Balaban J connectivity index is 1.58. The third kappa shape index (κ3) is 4.85. The first kappa shape index (κ1) is 23.6. The van der Waals surface area contributed by atoms with Crippen molar-refractivity contribution in [3.8, 4) is 17.2 Å². The molecule has 0 atom stereocenters. The van der Waals surface area contributed by atoms with Crippen molar-refractivity contribution < 1.29 is 19.0 Å². The van der Waals surface area contributed by atoms with Crippen LogP contribution in [0.2, 0.25) is 5.02 Å². The molecule has 0 bridgehead atoms. The predicted molar refractivity (Wildman–Crippen MR) is 138 cm³/mol. The lowest BCUT2D eigenvalue weighted by Gasteiger charge is -2.17. The normalized spacial score (nSPS) is 14.4. The summed E-state index contributed by atoms with van der Waals surface area (Å²) in [5.74, 6) is 1.69. The van der Waals surface area contributed by atoms with Crippen LogP contribution in [0, 0.1) is 6.92 Å². The average Bonchev–Trinajstić information content (AvgIpc) is 3.12. The van der Waals surface area contributed by atoms with Gasteiger partial charge in [-0.05, 0) is 78.8 Å². The first-order chi connectivity index (χ1) is 16.4. The van der Waals surface area contributed by atoms with E-state index in [0.29, 0.717) is 33.7 Å². The highest BCUT2D eigenvalue weighted by atomic mass is 35.5. The van der Waals surface area contributed by atoms with Crippen molar-refractivity contribution in [3.63, 3.8) is 0 Å². The third-order valence-electron chi connectivity index (χ3n) is 5.34. The maximum Gasteiger partial charge on any atom is 0.281 e. The molecule has 1 amide bonds. The zero-order valence-corrected chi connectivity index (χ0v) is 20.5. The highest BCUT2D eigenvalue weighted by Crippen LogP contribution is 2.32.